The molecule has 0 bridgehead atoms. The molecule has 1 rings (SSSR count). The minimum absolute atomic E-state index is 0.134. The van der Waals surface area contributed by atoms with Gasteiger partial charge in [-0.3, -0.25) is 0 Å². The summed E-state index contributed by atoms with van der Waals surface area (Å²) in [6, 6.07) is 4.57. The first-order valence-electron chi connectivity index (χ1n) is 4.66. The summed E-state index contributed by atoms with van der Waals surface area (Å²) < 4.78 is 0. The first-order valence-corrected chi connectivity index (χ1v) is 4.66. The van der Waals surface area contributed by atoms with Crippen molar-refractivity contribution in [3.05, 3.63) is 0 Å². The predicted octanol–water partition coefficient (Wildman–Crippen LogP) is 2.62. The van der Waals surface area contributed by atoms with E-state index >= 15 is 0 Å². The van der Waals surface area contributed by atoms with Gasteiger partial charge in [-0.25, -0.2) is 0 Å². The Balaban J connectivity index is 2.47. The molecule has 2 heteroatoms. The molecule has 2 atom stereocenters. The van der Waals surface area contributed by atoms with E-state index in [1.165, 1.54) is 6.42 Å². The van der Waals surface area contributed by atoms with Crippen molar-refractivity contribution in [3.8, 4) is 12.1 Å². The minimum atomic E-state index is 0.134. The van der Waals surface area contributed by atoms with E-state index in [4.69, 9.17) is 10.5 Å². The van der Waals surface area contributed by atoms with Gasteiger partial charge < -0.3 is 0 Å². The number of nitriles is 2. The first-order chi connectivity index (χ1) is 5.86. The molecule has 0 aromatic heterocycles. The summed E-state index contributed by atoms with van der Waals surface area (Å²) in [4.78, 5) is 0. The maximum Gasteiger partial charge on any atom is 0.0656 e. The second kappa shape index (κ2) is 4.78. The molecular formula is C10H14N2. The highest BCUT2D eigenvalue weighted by atomic mass is 14.3. The lowest BCUT2D eigenvalue weighted by molar-refractivity contribution is 0.388. The lowest BCUT2D eigenvalue weighted by Crippen LogP contribution is -2.09. The molecule has 1 fully saturated rings. The van der Waals surface area contributed by atoms with Crippen LogP contribution in [0.5, 0.6) is 0 Å². The Hall–Kier alpha value is -1.02. The van der Waals surface area contributed by atoms with E-state index in [9.17, 15) is 0 Å². The molecule has 1 aliphatic carbocycles. The molecule has 0 radical (unpaired) electrons. The average molecular weight is 162 g/mol. The van der Waals surface area contributed by atoms with Crippen LogP contribution in [0.3, 0.4) is 0 Å². The van der Waals surface area contributed by atoms with Crippen molar-refractivity contribution in [3.63, 3.8) is 0 Å². The van der Waals surface area contributed by atoms with E-state index in [-0.39, 0.29) is 11.8 Å². The number of hydrogen-bond donors (Lipinski definition) is 0. The topological polar surface area (TPSA) is 47.6 Å². The molecule has 64 valence electrons. The lowest BCUT2D eigenvalue weighted by atomic mass is 9.86. The fraction of sp³-hybridized carbons (Fsp3) is 0.800. The molecule has 0 aromatic carbocycles. The van der Waals surface area contributed by atoms with Crippen LogP contribution in [0.25, 0.3) is 0 Å². The van der Waals surface area contributed by atoms with Gasteiger partial charge in [-0.2, -0.15) is 10.5 Å². The van der Waals surface area contributed by atoms with Gasteiger partial charge in [0, 0.05) is 11.8 Å². The SMILES string of the molecule is N#CC1CCCCCC(C#N)C1. The zero-order valence-corrected chi connectivity index (χ0v) is 7.29. The van der Waals surface area contributed by atoms with Crippen LogP contribution in [-0.2, 0) is 0 Å². The highest BCUT2D eigenvalue weighted by Gasteiger charge is 2.17. The van der Waals surface area contributed by atoms with Gasteiger partial charge in [0.1, 0.15) is 0 Å². The Labute approximate surface area is 73.8 Å². The minimum Gasteiger partial charge on any atom is -0.198 e. The fourth-order valence-corrected chi connectivity index (χ4v) is 1.77. The number of rotatable bonds is 0. The summed E-state index contributed by atoms with van der Waals surface area (Å²) in [5.74, 6) is 0.268. The zero-order chi connectivity index (χ0) is 8.81. The summed E-state index contributed by atoms with van der Waals surface area (Å²) in [5.41, 5.74) is 0. The molecular weight excluding hydrogens is 148 g/mol. The molecule has 0 amide bonds. The summed E-state index contributed by atoms with van der Waals surface area (Å²) in [6.07, 6.45) is 6.31. The third kappa shape index (κ3) is 2.55. The second-order valence-corrected chi connectivity index (χ2v) is 3.53. The van der Waals surface area contributed by atoms with E-state index in [0.717, 1.165) is 32.1 Å². The Morgan fingerprint density at radius 1 is 0.833 bits per heavy atom. The Morgan fingerprint density at radius 3 is 1.75 bits per heavy atom. The van der Waals surface area contributed by atoms with Crippen LogP contribution in [-0.4, -0.2) is 0 Å². The molecule has 0 aliphatic heterocycles. The van der Waals surface area contributed by atoms with Crippen LogP contribution in [0.4, 0.5) is 0 Å². The average Bonchev–Trinajstić information content (AvgIpc) is 2.05. The maximum atomic E-state index is 8.76. The molecule has 0 saturated heterocycles. The lowest BCUT2D eigenvalue weighted by Gasteiger charge is -2.16. The Bertz CT molecular complexity index is 187. The fourth-order valence-electron chi connectivity index (χ4n) is 1.77. The van der Waals surface area contributed by atoms with Gasteiger partial charge in [-0.15, -0.1) is 0 Å². The van der Waals surface area contributed by atoms with Crippen molar-refractivity contribution < 1.29 is 0 Å². The van der Waals surface area contributed by atoms with Gasteiger partial charge in [-0.05, 0) is 19.3 Å². The van der Waals surface area contributed by atoms with Gasteiger partial charge in [-0.1, -0.05) is 19.3 Å². The van der Waals surface area contributed by atoms with Gasteiger partial charge in [0.2, 0.25) is 0 Å². The normalized spacial score (nSPS) is 30.8. The summed E-state index contributed by atoms with van der Waals surface area (Å²) in [5, 5.41) is 17.5. The zero-order valence-electron chi connectivity index (χ0n) is 7.29. The Morgan fingerprint density at radius 2 is 1.33 bits per heavy atom. The molecule has 1 aliphatic rings. The molecule has 12 heavy (non-hydrogen) atoms. The van der Waals surface area contributed by atoms with Gasteiger partial charge in [0.25, 0.3) is 0 Å². The number of hydrogen-bond acceptors (Lipinski definition) is 2. The summed E-state index contributed by atoms with van der Waals surface area (Å²) >= 11 is 0. The van der Waals surface area contributed by atoms with Crippen molar-refractivity contribution in [1.29, 1.82) is 10.5 Å². The second-order valence-electron chi connectivity index (χ2n) is 3.53. The van der Waals surface area contributed by atoms with Crippen molar-refractivity contribution in [2.24, 2.45) is 11.8 Å². The third-order valence-corrected chi connectivity index (χ3v) is 2.54. The molecule has 0 heterocycles. The van der Waals surface area contributed by atoms with E-state index in [1.54, 1.807) is 0 Å². The summed E-state index contributed by atoms with van der Waals surface area (Å²) in [6.45, 7) is 0. The predicted molar refractivity (Wildman–Crippen MR) is 45.9 cm³/mol. The van der Waals surface area contributed by atoms with E-state index < -0.39 is 0 Å². The van der Waals surface area contributed by atoms with E-state index in [0.29, 0.717) is 0 Å². The van der Waals surface area contributed by atoms with Crippen molar-refractivity contribution in [2.75, 3.05) is 0 Å². The van der Waals surface area contributed by atoms with E-state index in [2.05, 4.69) is 12.1 Å². The number of nitrogens with zero attached hydrogens (tertiary/aromatic N) is 2. The maximum absolute atomic E-state index is 8.76. The molecule has 2 nitrogen and oxygen atoms in total. The van der Waals surface area contributed by atoms with Crippen molar-refractivity contribution in [1.82, 2.24) is 0 Å². The van der Waals surface area contributed by atoms with Crippen molar-refractivity contribution >= 4 is 0 Å². The molecule has 0 N–H and O–H groups in total. The first kappa shape index (κ1) is 9.07. The van der Waals surface area contributed by atoms with Crippen molar-refractivity contribution in [2.45, 2.75) is 38.5 Å². The molecule has 2 unspecified atom stereocenters. The third-order valence-electron chi connectivity index (χ3n) is 2.54. The molecule has 0 aromatic rings. The van der Waals surface area contributed by atoms with Crippen LogP contribution in [0.15, 0.2) is 0 Å². The molecule has 1 saturated carbocycles. The van der Waals surface area contributed by atoms with Gasteiger partial charge in [0.15, 0.2) is 0 Å². The van der Waals surface area contributed by atoms with Gasteiger partial charge >= 0.3 is 0 Å². The monoisotopic (exact) mass is 162 g/mol. The van der Waals surface area contributed by atoms with Crippen LogP contribution in [0.1, 0.15) is 38.5 Å². The van der Waals surface area contributed by atoms with Crippen LogP contribution in [0, 0.1) is 34.5 Å². The van der Waals surface area contributed by atoms with Crippen LogP contribution in [0.2, 0.25) is 0 Å². The van der Waals surface area contributed by atoms with E-state index in [1.807, 2.05) is 0 Å². The quantitative estimate of drug-likeness (QED) is 0.549. The Kier molecular flexibility index (Phi) is 3.61. The van der Waals surface area contributed by atoms with Crippen LogP contribution < -0.4 is 0 Å². The molecule has 0 spiro atoms. The van der Waals surface area contributed by atoms with Gasteiger partial charge in [0.05, 0.1) is 12.1 Å². The smallest absolute Gasteiger partial charge is 0.0656 e. The summed E-state index contributed by atoms with van der Waals surface area (Å²) in [7, 11) is 0. The standard InChI is InChI=1S/C10H14N2/c11-7-9-4-2-1-3-5-10(6-9)8-12/h9-10H,1-6H2. The van der Waals surface area contributed by atoms with Crippen LogP contribution >= 0.6 is 0 Å². The highest BCUT2D eigenvalue weighted by Crippen LogP contribution is 2.25. The largest absolute Gasteiger partial charge is 0.198 e. The highest BCUT2D eigenvalue weighted by molar-refractivity contribution is 4.92.